The van der Waals surface area contributed by atoms with Crippen LogP contribution in [0.2, 0.25) is 0 Å². The number of amides is 2. The molecule has 0 bridgehead atoms. The average Bonchev–Trinajstić information content (AvgIpc) is 3.88. The van der Waals surface area contributed by atoms with Crippen molar-refractivity contribution in [1.29, 1.82) is 0 Å². The third kappa shape index (κ3) is 4.88. The number of carbonyl (C=O) groups excluding carboxylic acids is 2. The predicted molar refractivity (Wildman–Crippen MR) is 150 cm³/mol. The van der Waals surface area contributed by atoms with E-state index in [1.165, 1.54) is 4.31 Å². The van der Waals surface area contributed by atoms with Crippen LogP contribution in [0, 0.1) is 5.92 Å². The molecule has 40 heavy (non-hydrogen) atoms. The highest BCUT2D eigenvalue weighted by Crippen LogP contribution is 2.37. The number of morpholine rings is 1. The zero-order valence-corrected chi connectivity index (χ0v) is 23.0. The summed E-state index contributed by atoms with van der Waals surface area (Å²) in [6, 6.07) is 15.1. The molecule has 2 amide bonds. The fraction of sp³-hybridized carbons (Fsp3) is 0.433. The zero-order valence-electron chi connectivity index (χ0n) is 22.2. The summed E-state index contributed by atoms with van der Waals surface area (Å²) in [5.41, 5.74) is 2.88. The summed E-state index contributed by atoms with van der Waals surface area (Å²) < 4.78 is 34.4. The summed E-state index contributed by atoms with van der Waals surface area (Å²) in [7, 11) is -3.65. The molecule has 10 heteroatoms. The first-order chi connectivity index (χ1) is 19.3. The Bertz CT molecular complexity index is 1590. The number of benzene rings is 2. The van der Waals surface area contributed by atoms with Crippen LogP contribution in [0.25, 0.3) is 22.0 Å². The van der Waals surface area contributed by atoms with Crippen LogP contribution in [0.4, 0.5) is 5.69 Å². The Kier molecular flexibility index (Phi) is 6.17. The molecule has 2 saturated heterocycles. The van der Waals surface area contributed by atoms with Crippen LogP contribution in [-0.2, 0) is 24.3 Å². The molecule has 7 rings (SSSR count). The van der Waals surface area contributed by atoms with Gasteiger partial charge in [-0.3, -0.25) is 14.6 Å². The second-order valence-electron chi connectivity index (χ2n) is 11.5. The fourth-order valence-electron chi connectivity index (χ4n) is 5.83. The Morgan fingerprint density at radius 3 is 2.40 bits per heavy atom. The maximum Gasteiger partial charge on any atom is 0.248 e. The van der Waals surface area contributed by atoms with E-state index in [0.29, 0.717) is 44.2 Å². The van der Waals surface area contributed by atoms with Gasteiger partial charge in [0.15, 0.2) is 0 Å². The molecule has 0 unspecified atom stereocenters. The van der Waals surface area contributed by atoms with Crippen molar-refractivity contribution in [3.63, 3.8) is 0 Å². The molecule has 4 aliphatic rings. The Labute approximate surface area is 233 Å². The molecule has 4 fully saturated rings. The summed E-state index contributed by atoms with van der Waals surface area (Å²) in [5, 5.41) is 3.85. The van der Waals surface area contributed by atoms with Gasteiger partial charge in [-0.05, 0) is 73.9 Å². The smallest absolute Gasteiger partial charge is 0.248 e. The van der Waals surface area contributed by atoms with E-state index in [4.69, 9.17) is 4.74 Å². The minimum atomic E-state index is -3.65. The van der Waals surface area contributed by atoms with E-state index >= 15 is 0 Å². The number of nitrogens with one attached hydrogen (secondary N) is 1. The summed E-state index contributed by atoms with van der Waals surface area (Å²) in [5.74, 6) is 0.232. The minimum Gasteiger partial charge on any atom is -0.363 e. The third-order valence-electron chi connectivity index (χ3n) is 8.63. The van der Waals surface area contributed by atoms with Gasteiger partial charge in [-0.1, -0.05) is 24.3 Å². The minimum absolute atomic E-state index is 0.0487. The SMILES string of the molecule is O=C(Nc1cnc2cc(-c3ccc(S(=O)(=O)N4CCC5(CC4)CN(C4CC4)C(=O)CO5)cc3)ccc2c1)C1CC1. The second kappa shape index (κ2) is 9.64. The number of rotatable bonds is 6. The first-order valence-corrected chi connectivity index (χ1v) is 15.5. The third-order valence-corrected chi connectivity index (χ3v) is 10.5. The number of pyridine rings is 1. The van der Waals surface area contributed by atoms with E-state index in [2.05, 4.69) is 10.3 Å². The van der Waals surface area contributed by atoms with Gasteiger partial charge in [0, 0.05) is 30.4 Å². The summed E-state index contributed by atoms with van der Waals surface area (Å²) >= 11 is 0. The average molecular weight is 561 g/mol. The van der Waals surface area contributed by atoms with Gasteiger partial charge >= 0.3 is 0 Å². The van der Waals surface area contributed by atoms with Crippen molar-refractivity contribution >= 4 is 38.4 Å². The highest BCUT2D eigenvalue weighted by atomic mass is 32.2. The highest BCUT2D eigenvalue weighted by Gasteiger charge is 2.47. The lowest BCUT2D eigenvalue weighted by molar-refractivity contribution is -0.170. The van der Waals surface area contributed by atoms with Crippen molar-refractivity contribution in [3.8, 4) is 11.1 Å². The molecule has 208 valence electrons. The van der Waals surface area contributed by atoms with Gasteiger partial charge in [-0.15, -0.1) is 0 Å². The van der Waals surface area contributed by atoms with Gasteiger partial charge in [0.1, 0.15) is 6.61 Å². The van der Waals surface area contributed by atoms with Crippen molar-refractivity contribution in [2.75, 3.05) is 31.6 Å². The number of nitrogens with zero attached hydrogens (tertiary/aromatic N) is 3. The van der Waals surface area contributed by atoms with Gasteiger partial charge < -0.3 is 15.0 Å². The molecule has 3 aromatic rings. The molecule has 1 aromatic heterocycles. The van der Waals surface area contributed by atoms with Crippen LogP contribution in [-0.4, -0.2) is 72.3 Å². The maximum atomic E-state index is 13.5. The van der Waals surface area contributed by atoms with Crippen LogP contribution < -0.4 is 5.32 Å². The number of piperidine rings is 1. The molecule has 2 saturated carbocycles. The summed E-state index contributed by atoms with van der Waals surface area (Å²) in [4.78, 5) is 31.1. The van der Waals surface area contributed by atoms with E-state index in [-0.39, 0.29) is 29.2 Å². The Hall–Kier alpha value is -3.34. The van der Waals surface area contributed by atoms with E-state index in [1.807, 2.05) is 41.3 Å². The largest absolute Gasteiger partial charge is 0.363 e. The van der Waals surface area contributed by atoms with E-state index in [1.54, 1.807) is 18.3 Å². The molecule has 3 heterocycles. The molecule has 2 aliphatic heterocycles. The van der Waals surface area contributed by atoms with Crippen molar-refractivity contribution in [2.45, 2.75) is 55.1 Å². The Morgan fingerprint density at radius 1 is 0.975 bits per heavy atom. The fourth-order valence-corrected chi connectivity index (χ4v) is 7.27. The molecule has 9 nitrogen and oxygen atoms in total. The van der Waals surface area contributed by atoms with Crippen LogP contribution in [0.5, 0.6) is 0 Å². The Morgan fingerprint density at radius 2 is 1.70 bits per heavy atom. The zero-order chi connectivity index (χ0) is 27.5. The van der Waals surface area contributed by atoms with Crippen LogP contribution in [0.15, 0.2) is 59.6 Å². The van der Waals surface area contributed by atoms with Crippen LogP contribution in [0.3, 0.4) is 0 Å². The Balaban J connectivity index is 1.03. The first-order valence-electron chi connectivity index (χ1n) is 14.0. The topological polar surface area (TPSA) is 109 Å². The van der Waals surface area contributed by atoms with Crippen molar-refractivity contribution < 1.29 is 22.7 Å². The monoisotopic (exact) mass is 560 g/mol. The number of aromatic nitrogens is 1. The molecule has 0 atom stereocenters. The number of hydrogen-bond acceptors (Lipinski definition) is 6. The van der Waals surface area contributed by atoms with Gasteiger partial charge in [-0.25, -0.2) is 8.42 Å². The normalized spacial score (nSPS) is 21.6. The molecule has 0 radical (unpaired) electrons. The number of ether oxygens (including phenoxy) is 1. The lowest BCUT2D eigenvalue weighted by Gasteiger charge is -2.46. The highest BCUT2D eigenvalue weighted by molar-refractivity contribution is 7.89. The van der Waals surface area contributed by atoms with Crippen molar-refractivity contribution in [3.05, 3.63) is 54.7 Å². The van der Waals surface area contributed by atoms with Gasteiger partial charge in [0.2, 0.25) is 21.8 Å². The van der Waals surface area contributed by atoms with Crippen molar-refractivity contribution in [1.82, 2.24) is 14.2 Å². The van der Waals surface area contributed by atoms with E-state index < -0.39 is 15.6 Å². The summed E-state index contributed by atoms with van der Waals surface area (Å²) in [6.07, 6.45) is 6.83. The molecule has 1 spiro atoms. The van der Waals surface area contributed by atoms with Gasteiger partial charge in [0.05, 0.1) is 34.4 Å². The standard InChI is InChI=1S/C30H32N4O5S/c35-28-18-39-30(19-34(28)25-7-8-25)11-13-33(14-12-30)40(37,38)26-9-5-20(6-10-26)22-3-4-23-15-24(17-31-27(23)16-22)32-29(36)21-1-2-21/h3-6,9-10,15-17,21,25H,1-2,7-8,11-14,18-19H2,(H,32,36). The van der Waals surface area contributed by atoms with Gasteiger partial charge in [-0.2, -0.15) is 4.31 Å². The number of sulfonamides is 1. The lowest BCUT2D eigenvalue weighted by atomic mass is 9.90. The summed E-state index contributed by atoms with van der Waals surface area (Å²) in [6.45, 7) is 1.40. The quantitative estimate of drug-likeness (QED) is 0.491. The number of carbonyl (C=O) groups is 2. The lowest BCUT2D eigenvalue weighted by Crippen LogP contribution is -2.59. The number of fused-ring (bicyclic) bond motifs is 1. The van der Waals surface area contributed by atoms with Gasteiger partial charge in [0.25, 0.3) is 0 Å². The predicted octanol–water partition coefficient (Wildman–Crippen LogP) is 3.79. The van der Waals surface area contributed by atoms with E-state index in [0.717, 1.165) is 47.7 Å². The molecule has 2 aliphatic carbocycles. The van der Waals surface area contributed by atoms with E-state index in [9.17, 15) is 18.0 Å². The number of hydrogen-bond donors (Lipinski definition) is 1. The van der Waals surface area contributed by atoms with Crippen molar-refractivity contribution in [2.24, 2.45) is 5.92 Å². The molecular weight excluding hydrogens is 528 g/mol. The van der Waals surface area contributed by atoms with Crippen LogP contribution in [0.1, 0.15) is 38.5 Å². The second-order valence-corrected chi connectivity index (χ2v) is 13.5. The molecule has 2 aromatic carbocycles. The first kappa shape index (κ1) is 25.6. The van der Waals surface area contributed by atoms with Crippen LogP contribution >= 0.6 is 0 Å². The maximum absolute atomic E-state index is 13.5. The molecular formula is C30H32N4O5S. The number of anilines is 1. The molecule has 1 N–H and O–H groups in total.